The van der Waals surface area contributed by atoms with Gasteiger partial charge in [-0.1, -0.05) is 24.3 Å². The number of aliphatic hydroxyl groups is 1. The van der Waals surface area contributed by atoms with Gasteiger partial charge in [0.1, 0.15) is 12.4 Å². The molecule has 4 heteroatoms. The quantitative estimate of drug-likeness (QED) is 0.893. The van der Waals surface area contributed by atoms with Gasteiger partial charge in [-0.15, -0.1) is 0 Å². The molecule has 2 aromatic rings. The third kappa shape index (κ3) is 3.45. The van der Waals surface area contributed by atoms with Crippen LogP contribution in [0.1, 0.15) is 18.6 Å². The van der Waals surface area contributed by atoms with Crippen LogP contribution < -0.4 is 10.3 Å². The molecule has 0 saturated carbocycles. The van der Waals surface area contributed by atoms with Crippen molar-refractivity contribution in [3.63, 3.8) is 0 Å². The minimum atomic E-state index is -0.573. The molecule has 0 aliphatic heterocycles. The summed E-state index contributed by atoms with van der Waals surface area (Å²) >= 11 is 0. The molecule has 0 aliphatic carbocycles. The molecule has 4 nitrogen and oxygen atoms in total. The largest absolute Gasteiger partial charge is 0.491 e. The zero-order valence-corrected chi connectivity index (χ0v) is 10.8. The lowest BCUT2D eigenvalue weighted by atomic mass is 10.1. The average molecular weight is 259 g/mol. The van der Waals surface area contributed by atoms with Crippen LogP contribution in [0.5, 0.6) is 5.75 Å². The minimum absolute atomic E-state index is 0.0464. The Hall–Kier alpha value is -2.07. The van der Waals surface area contributed by atoms with E-state index >= 15 is 0 Å². The molecule has 0 spiro atoms. The zero-order chi connectivity index (χ0) is 13.7. The van der Waals surface area contributed by atoms with Crippen molar-refractivity contribution in [1.82, 2.24) is 4.57 Å². The second-order valence-electron chi connectivity index (χ2n) is 4.29. The molecule has 19 heavy (non-hydrogen) atoms. The first kappa shape index (κ1) is 13.4. The van der Waals surface area contributed by atoms with Gasteiger partial charge < -0.3 is 14.4 Å². The molecule has 1 atom stereocenters. The molecule has 1 aromatic heterocycles. The van der Waals surface area contributed by atoms with E-state index in [0.29, 0.717) is 18.9 Å². The van der Waals surface area contributed by atoms with Crippen molar-refractivity contribution in [2.24, 2.45) is 0 Å². The molecule has 1 aromatic carbocycles. The van der Waals surface area contributed by atoms with Gasteiger partial charge in [0, 0.05) is 17.8 Å². The first-order chi connectivity index (χ1) is 9.18. The van der Waals surface area contributed by atoms with Crippen LogP contribution in [-0.2, 0) is 6.54 Å². The van der Waals surface area contributed by atoms with Crippen LogP contribution in [0, 0.1) is 0 Å². The highest BCUT2D eigenvalue weighted by molar-refractivity contribution is 5.34. The van der Waals surface area contributed by atoms with Crippen molar-refractivity contribution in [3.8, 4) is 5.75 Å². The summed E-state index contributed by atoms with van der Waals surface area (Å²) in [5.74, 6) is 0.654. The monoisotopic (exact) mass is 259 g/mol. The number of para-hydroxylation sites is 1. The first-order valence-corrected chi connectivity index (χ1v) is 6.24. The van der Waals surface area contributed by atoms with Crippen LogP contribution in [0.3, 0.4) is 0 Å². The van der Waals surface area contributed by atoms with Gasteiger partial charge in [0.25, 0.3) is 5.56 Å². The molecule has 0 bridgehead atoms. The number of aromatic nitrogens is 1. The summed E-state index contributed by atoms with van der Waals surface area (Å²) in [7, 11) is 0. The smallest absolute Gasteiger partial charge is 0.250 e. The maximum atomic E-state index is 11.5. The highest BCUT2D eigenvalue weighted by Crippen LogP contribution is 2.24. The third-order valence-electron chi connectivity index (χ3n) is 2.86. The Labute approximate surface area is 111 Å². The van der Waals surface area contributed by atoms with E-state index in [2.05, 4.69) is 0 Å². The maximum Gasteiger partial charge on any atom is 0.250 e. The second-order valence-corrected chi connectivity index (χ2v) is 4.29. The van der Waals surface area contributed by atoms with E-state index in [4.69, 9.17) is 4.74 Å². The molecule has 0 aliphatic rings. The number of pyridine rings is 1. The van der Waals surface area contributed by atoms with Gasteiger partial charge in [-0.05, 0) is 19.1 Å². The van der Waals surface area contributed by atoms with Crippen molar-refractivity contribution >= 4 is 0 Å². The van der Waals surface area contributed by atoms with Gasteiger partial charge >= 0.3 is 0 Å². The van der Waals surface area contributed by atoms with Crippen LogP contribution in [-0.4, -0.2) is 16.3 Å². The highest BCUT2D eigenvalue weighted by atomic mass is 16.5. The van der Waals surface area contributed by atoms with E-state index in [1.807, 2.05) is 30.3 Å². The van der Waals surface area contributed by atoms with E-state index < -0.39 is 6.10 Å². The maximum absolute atomic E-state index is 11.5. The van der Waals surface area contributed by atoms with Gasteiger partial charge in [-0.25, -0.2) is 0 Å². The van der Waals surface area contributed by atoms with Crippen molar-refractivity contribution in [2.75, 3.05) is 6.61 Å². The summed E-state index contributed by atoms with van der Waals surface area (Å²) in [5.41, 5.74) is 0.706. The first-order valence-electron chi connectivity index (χ1n) is 6.24. The fraction of sp³-hybridized carbons (Fsp3) is 0.267. The van der Waals surface area contributed by atoms with E-state index in [-0.39, 0.29) is 5.56 Å². The van der Waals surface area contributed by atoms with E-state index in [1.54, 1.807) is 23.8 Å². The summed E-state index contributed by atoms with van der Waals surface area (Å²) in [5, 5.41) is 9.63. The lowest BCUT2D eigenvalue weighted by Crippen LogP contribution is -2.21. The lowest BCUT2D eigenvalue weighted by Gasteiger charge is -2.13. The number of hydrogen-bond acceptors (Lipinski definition) is 3. The molecule has 0 unspecified atom stereocenters. The Morgan fingerprint density at radius 2 is 1.95 bits per heavy atom. The predicted molar refractivity (Wildman–Crippen MR) is 73.3 cm³/mol. The number of aliphatic hydroxyl groups excluding tert-OH is 1. The molecular formula is C15H17NO3. The summed E-state index contributed by atoms with van der Waals surface area (Å²) in [6, 6.07) is 12.4. The normalized spacial score (nSPS) is 12.1. The highest BCUT2D eigenvalue weighted by Gasteiger charge is 2.07. The van der Waals surface area contributed by atoms with Crippen LogP contribution in [0.25, 0.3) is 0 Å². The van der Waals surface area contributed by atoms with Crippen molar-refractivity contribution in [2.45, 2.75) is 19.6 Å². The standard InChI is InChI=1S/C15H17NO3/c1-12(17)13-6-2-3-7-14(13)19-11-10-16-9-5-4-8-15(16)18/h2-9,12,17H,10-11H2,1H3/t12-/m1/s1. The number of rotatable bonds is 5. The Balaban J connectivity index is 2.00. The Morgan fingerprint density at radius 1 is 1.21 bits per heavy atom. The molecule has 100 valence electrons. The molecule has 0 amide bonds. The molecule has 1 N–H and O–H groups in total. The SMILES string of the molecule is C[C@@H](O)c1ccccc1OCCn1ccccc1=O. The van der Waals surface area contributed by atoms with Gasteiger partial charge in [-0.2, -0.15) is 0 Å². The average Bonchev–Trinajstić information content (AvgIpc) is 2.41. The van der Waals surface area contributed by atoms with Gasteiger partial charge in [-0.3, -0.25) is 4.79 Å². The molecular weight excluding hydrogens is 242 g/mol. The summed E-state index contributed by atoms with van der Waals surface area (Å²) in [6.45, 7) is 2.56. The fourth-order valence-corrected chi connectivity index (χ4v) is 1.86. The number of hydrogen-bond donors (Lipinski definition) is 1. The van der Waals surface area contributed by atoms with Crippen LogP contribution in [0.15, 0.2) is 53.5 Å². The minimum Gasteiger partial charge on any atom is -0.491 e. The van der Waals surface area contributed by atoms with Crippen LogP contribution in [0.4, 0.5) is 0 Å². The van der Waals surface area contributed by atoms with Gasteiger partial charge in [0.15, 0.2) is 0 Å². The van der Waals surface area contributed by atoms with E-state index in [9.17, 15) is 9.90 Å². The molecule has 1 heterocycles. The molecule has 2 rings (SSSR count). The summed E-state index contributed by atoms with van der Waals surface area (Å²) in [4.78, 5) is 11.5. The summed E-state index contributed by atoms with van der Waals surface area (Å²) < 4.78 is 7.23. The predicted octanol–water partition coefficient (Wildman–Crippen LogP) is 1.98. The van der Waals surface area contributed by atoms with Gasteiger partial charge in [0.2, 0.25) is 0 Å². The van der Waals surface area contributed by atoms with Crippen molar-refractivity contribution in [3.05, 3.63) is 64.6 Å². The van der Waals surface area contributed by atoms with E-state index in [0.717, 1.165) is 5.56 Å². The third-order valence-corrected chi connectivity index (χ3v) is 2.86. The zero-order valence-electron chi connectivity index (χ0n) is 10.8. The van der Waals surface area contributed by atoms with E-state index in [1.165, 1.54) is 6.07 Å². The number of benzene rings is 1. The molecule has 0 radical (unpaired) electrons. The van der Waals surface area contributed by atoms with Crippen molar-refractivity contribution < 1.29 is 9.84 Å². The van der Waals surface area contributed by atoms with Crippen LogP contribution >= 0.6 is 0 Å². The fourth-order valence-electron chi connectivity index (χ4n) is 1.86. The van der Waals surface area contributed by atoms with Crippen LogP contribution in [0.2, 0.25) is 0 Å². The van der Waals surface area contributed by atoms with Crippen molar-refractivity contribution in [1.29, 1.82) is 0 Å². The topological polar surface area (TPSA) is 51.5 Å². The molecule has 0 saturated heterocycles. The lowest BCUT2D eigenvalue weighted by molar-refractivity contribution is 0.190. The molecule has 0 fully saturated rings. The Morgan fingerprint density at radius 3 is 2.68 bits per heavy atom. The number of nitrogens with zero attached hydrogens (tertiary/aromatic N) is 1. The Bertz CT molecular complexity index is 590. The number of ether oxygens (including phenoxy) is 1. The summed E-state index contributed by atoms with van der Waals surface area (Å²) in [6.07, 6.45) is 1.15. The Kier molecular flexibility index (Phi) is 4.36. The van der Waals surface area contributed by atoms with Gasteiger partial charge in [0.05, 0.1) is 12.6 Å². The second kappa shape index (κ2) is 6.20.